The van der Waals surface area contributed by atoms with Crippen molar-refractivity contribution in [1.29, 1.82) is 0 Å². The molecule has 8 heteroatoms. The van der Waals surface area contributed by atoms with E-state index in [2.05, 4.69) is 4.99 Å². The lowest BCUT2D eigenvalue weighted by atomic mass is 10.1. The van der Waals surface area contributed by atoms with Crippen LogP contribution < -0.4 is 0 Å². The SMILES string of the molecule is CC1=C([N+](=O)[O-])C=NC(=O)C1[N+](=O)[O-]. The highest BCUT2D eigenvalue weighted by molar-refractivity contribution is 5.98. The Morgan fingerprint density at radius 1 is 1.43 bits per heavy atom. The van der Waals surface area contributed by atoms with Crippen molar-refractivity contribution >= 4 is 12.1 Å². The summed E-state index contributed by atoms with van der Waals surface area (Å²) in [6.45, 7) is 1.18. The molecule has 1 heterocycles. The van der Waals surface area contributed by atoms with Crippen LogP contribution in [0.1, 0.15) is 6.92 Å². The second-order valence-electron chi connectivity index (χ2n) is 2.61. The van der Waals surface area contributed by atoms with E-state index >= 15 is 0 Å². The molecule has 0 saturated heterocycles. The molecule has 14 heavy (non-hydrogen) atoms. The molecule has 1 unspecified atom stereocenters. The zero-order valence-electron chi connectivity index (χ0n) is 7.04. The minimum absolute atomic E-state index is 0.194. The van der Waals surface area contributed by atoms with Crippen molar-refractivity contribution in [3.63, 3.8) is 0 Å². The number of dihydropyridines is 1. The van der Waals surface area contributed by atoms with Crippen molar-refractivity contribution in [2.75, 3.05) is 0 Å². The van der Waals surface area contributed by atoms with Crippen LogP contribution in [0.25, 0.3) is 0 Å². The van der Waals surface area contributed by atoms with E-state index < -0.39 is 27.5 Å². The van der Waals surface area contributed by atoms with E-state index in [4.69, 9.17) is 0 Å². The Morgan fingerprint density at radius 2 is 2.00 bits per heavy atom. The number of hydrogen-bond donors (Lipinski definition) is 0. The predicted octanol–water partition coefficient (Wildman–Crippen LogP) is -0.207. The molecule has 1 rings (SSSR count). The number of carbonyl (C=O) groups excluding carboxylic acids is 1. The van der Waals surface area contributed by atoms with Crippen molar-refractivity contribution in [3.05, 3.63) is 31.5 Å². The first kappa shape index (κ1) is 9.96. The lowest BCUT2D eigenvalue weighted by molar-refractivity contribution is -0.500. The predicted molar refractivity (Wildman–Crippen MR) is 44.0 cm³/mol. The molecule has 0 aliphatic carbocycles. The van der Waals surface area contributed by atoms with Gasteiger partial charge in [-0.05, 0) is 6.92 Å². The van der Waals surface area contributed by atoms with Gasteiger partial charge >= 0.3 is 11.9 Å². The molecule has 0 bridgehead atoms. The van der Waals surface area contributed by atoms with Crippen molar-refractivity contribution in [1.82, 2.24) is 0 Å². The molecule has 0 N–H and O–H groups in total. The number of aliphatic imine (C=N–C) groups is 1. The van der Waals surface area contributed by atoms with Crippen LogP contribution in [-0.2, 0) is 4.79 Å². The normalized spacial score (nSPS) is 21.2. The lowest BCUT2D eigenvalue weighted by Gasteiger charge is -2.08. The quantitative estimate of drug-likeness (QED) is 0.450. The van der Waals surface area contributed by atoms with E-state index in [1.54, 1.807) is 0 Å². The summed E-state index contributed by atoms with van der Waals surface area (Å²) in [7, 11) is 0. The highest BCUT2D eigenvalue weighted by atomic mass is 16.6. The first-order valence-electron chi connectivity index (χ1n) is 3.51. The van der Waals surface area contributed by atoms with Gasteiger partial charge in [-0.25, -0.2) is 4.99 Å². The molecule has 0 aromatic heterocycles. The average Bonchev–Trinajstić information content (AvgIpc) is 2.02. The lowest BCUT2D eigenvalue weighted by Crippen LogP contribution is -2.34. The van der Waals surface area contributed by atoms with Gasteiger partial charge in [0.2, 0.25) is 0 Å². The van der Waals surface area contributed by atoms with Crippen LogP contribution in [0.5, 0.6) is 0 Å². The Bertz CT molecular complexity index is 383. The summed E-state index contributed by atoms with van der Waals surface area (Å²) in [5.74, 6) is -0.988. The standard InChI is InChI=1S/C6H5N3O5/c1-3-4(8(11)12)2-7-6(10)5(3)9(13)14/h2,5H,1H3. The van der Waals surface area contributed by atoms with Crippen molar-refractivity contribution in [2.24, 2.45) is 4.99 Å². The van der Waals surface area contributed by atoms with Crippen molar-refractivity contribution < 1.29 is 14.6 Å². The maximum atomic E-state index is 10.9. The first-order valence-corrected chi connectivity index (χ1v) is 3.51. The maximum Gasteiger partial charge on any atom is 0.325 e. The number of nitro groups is 2. The summed E-state index contributed by atoms with van der Waals surface area (Å²) in [4.78, 5) is 33.1. The highest BCUT2D eigenvalue weighted by Gasteiger charge is 2.39. The second-order valence-corrected chi connectivity index (χ2v) is 2.61. The van der Waals surface area contributed by atoms with E-state index in [0.29, 0.717) is 0 Å². The Hall–Kier alpha value is -2.12. The molecular formula is C6H5N3O5. The molecule has 0 aromatic carbocycles. The number of nitrogens with zero attached hydrogens (tertiary/aromatic N) is 3. The molecular weight excluding hydrogens is 194 g/mol. The van der Waals surface area contributed by atoms with E-state index in [-0.39, 0.29) is 5.57 Å². The van der Waals surface area contributed by atoms with Crippen LogP contribution in [-0.4, -0.2) is 28.0 Å². The van der Waals surface area contributed by atoms with Gasteiger partial charge in [-0.2, -0.15) is 0 Å². The van der Waals surface area contributed by atoms with Gasteiger partial charge in [0.05, 0.1) is 10.5 Å². The fraction of sp³-hybridized carbons (Fsp3) is 0.333. The fourth-order valence-corrected chi connectivity index (χ4v) is 1.06. The Morgan fingerprint density at radius 3 is 2.43 bits per heavy atom. The number of hydrogen-bond acceptors (Lipinski definition) is 5. The van der Waals surface area contributed by atoms with E-state index in [9.17, 15) is 25.0 Å². The van der Waals surface area contributed by atoms with Gasteiger partial charge in [0.25, 0.3) is 5.70 Å². The molecule has 8 nitrogen and oxygen atoms in total. The van der Waals surface area contributed by atoms with Gasteiger partial charge in [-0.1, -0.05) is 0 Å². The zero-order valence-corrected chi connectivity index (χ0v) is 7.04. The minimum Gasteiger partial charge on any atom is -0.264 e. The molecule has 0 fully saturated rings. The molecule has 1 atom stereocenters. The van der Waals surface area contributed by atoms with Gasteiger partial charge < -0.3 is 0 Å². The largest absolute Gasteiger partial charge is 0.325 e. The Kier molecular flexibility index (Phi) is 2.36. The van der Waals surface area contributed by atoms with Gasteiger partial charge in [0.1, 0.15) is 6.21 Å². The minimum atomic E-state index is -1.72. The van der Waals surface area contributed by atoms with Crippen LogP contribution >= 0.6 is 0 Å². The molecule has 0 spiro atoms. The van der Waals surface area contributed by atoms with E-state index in [0.717, 1.165) is 6.21 Å². The van der Waals surface area contributed by atoms with Gasteiger partial charge in [-0.3, -0.25) is 25.0 Å². The molecule has 1 aliphatic heterocycles. The number of amides is 1. The third-order valence-electron chi connectivity index (χ3n) is 1.77. The molecule has 1 amide bonds. The van der Waals surface area contributed by atoms with Crippen LogP contribution in [0.15, 0.2) is 16.3 Å². The number of allylic oxidation sites excluding steroid dienone is 1. The smallest absolute Gasteiger partial charge is 0.264 e. The summed E-state index contributed by atoms with van der Waals surface area (Å²) in [5.41, 5.74) is -0.689. The average molecular weight is 199 g/mol. The van der Waals surface area contributed by atoms with Crippen molar-refractivity contribution in [2.45, 2.75) is 13.0 Å². The summed E-state index contributed by atoms with van der Waals surface area (Å²) in [6.07, 6.45) is 0.734. The zero-order chi connectivity index (χ0) is 10.9. The van der Waals surface area contributed by atoms with E-state index in [1.807, 2.05) is 0 Å². The highest BCUT2D eigenvalue weighted by Crippen LogP contribution is 2.16. The third-order valence-corrected chi connectivity index (χ3v) is 1.77. The Labute approximate surface area is 77.2 Å². The summed E-state index contributed by atoms with van der Waals surface area (Å²) in [6, 6.07) is -1.72. The monoisotopic (exact) mass is 199 g/mol. The maximum absolute atomic E-state index is 10.9. The van der Waals surface area contributed by atoms with Crippen LogP contribution in [0.2, 0.25) is 0 Å². The van der Waals surface area contributed by atoms with Crippen LogP contribution in [0.4, 0.5) is 0 Å². The second kappa shape index (κ2) is 3.32. The van der Waals surface area contributed by atoms with Gasteiger partial charge in [0, 0.05) is 4.92 Å². The summed E-state index contributed by atoms with van der Waals surface area (Å²) >= 11 is 0. The van der Waals surface area contributed by atoms with Crippen LogP contribution in [0, 0.1) is 20.2 Å². The van der Waals surface area contributed by atoms with E-state index in [1.165, 1.54) is 6.92 Å². The first-order chi connectivity index (χ1) is 6.45. The molecule has 0 radical (unpaired) electrons. The third kappa shape index (κ3) is 1.49. The molecule has 1 aliphatic rings. The molecule has 0 aromatic rings. The van der Waals surface area contributed by atoms with Gasteiger partial charge in [-0.15, -0.1) is 0 Å². The summed E-state index contributed by atoms with van der Waals surface area (Å²) < 4.78 is 0. The molecule has 74 valence electrons. The van der Waals surface area contributed by atoms with Crippen LogP contribution in [0.3, 0.4) is 0 Å². The number of carbonyl (C=O) groups is 1. The topological polar surface area (TPSA) is 116 Å². The summed E-state index contributed by atoms with van der Waals surface area (Å²) in [5, 5.41) is 20.8. The Balaban J connectivity index is 3.21. The van der Waals surface area contributed by atoms with Crippen molar-refractivity contribution in [3.8, 4) is 0 Å². The molecule has 0 saturated carbocycles. The number of rotatable bonds is 2. The van der Waals surface area contributed by atoms with Gasteiger partial charge in [0.15, 0.2) is 0 Å². The fourth-order valence-electron chi connectivity index (χ4n) is 1.06.